The number of methoxy groups -OCH3 is 1. The third kappa shape index (κ3) is 4.43. The van der Waals surface area contributed by atoms with Crippen LogP contribution in [0.1, 0.15) is 22.6 Å². The molecule has 118 valence electrons. The van der Waals surface area contributed by atoms with Crippen molar-refractivity contribution in [3.8, 4) is 5.75 Å². The Balaban J connectivity index is 1.75. The van der Waals surface area contributed by atoms with E-state index in [0.29, 0.717) is 19.8 Å². The molecule has 0 bridgehead atoms. The molecule has 0 fully saturated rings. The van der Waals surface area contributed by atoms with Gasteiger partial charge in [0.05, 0.1) is 20.3 Å². The summed E-state index contributed by atoms with van der Waals surface area (Å²) in [7, 11) is 1.66. The number of aryl methyl sites for hydroxylation is 2. The molecule has 1 N–H and O–H groups in total. The number of anilines is 1. The zero-order chi connectivity index (χ0) is 15.9. The fourth-order valence-corrected chi connectivity index (χ4v) is 2.09. The van der Waals surface area contributed by atoms with E-state index in [1.165, 1.54) is 0 Å². The van der Waals surface area contributed by atoms with E-state index >= 15 is 0 Å². The van der Waals surface area contributed by atoms with Gasteiger partial charge in [-0.2, -0.15) is 0 Å². The summed E-state index contributed by atoms with van der Waals surface area (Å²) in [5, 5.41) is 3.30. The minimum atomic E-state index is 0.590. The summed E-state index contributed by atoms with van der Waals surface area (Å²) in [5.41, 5.74) is 3.22. The molecule has 0 amide bonds. The minimum absolute atomic E-state index is 0.590. The first-order valence-electron chi connectivity index (χ1n) is 7.36. The summed E-state index contributed by atoms with van der Waals surface area (Å²) >= 11 is 0. The molecule has 0 aliphatic carbocycles. The van der Waals surface area contributed by atoms with Gasteiger partial charge in [-0.3, -0.25) is 0 Å². The summed E-state index contributed by atoms with van der Waals surface area (Å²) in [6.07, 6.45) is 0. The van der Waals surface area contributed by atoms with Crippen LogP contribution < -0.4 is 10.1 Å². The van der Waals surface area contributed by atoms with E-state index in [-0.39, 0.29) is 0 Å². The summed E-state index contributed by atoms with van der Waals surface area (Å²) in [6, 6.07) is 7.89. The average molecular weight is 301 g/mol. The van der Waals surface area contributed by atoms with Crippen LogP contribution in [0.15, 0.2) is 24.3 Å². The highest BCUT2D eigenvalue weighted by molar-refractivity contribution is 5.45. The van der Waals surface area contributed by atoms with Crippen LogP contribution >= 0.6 is 0 Å². The van der Waals surface area contributed by atoms with Crippen LogP contribution in [-0.2, 0) is 11.3 Å². The maximum atomic E-state index is 5.67. The van der Waals surface area contributed by atoms with E-state index in [2.05, 4.69) is 15.3 Å². The van der Waals surface area contributed by atoms with Crippen LogP contribution in [0.3, 0.4) is 0 Å². The Morgan fingerprint density at radius 3 is 2.45 bits per heavy atom. The Bertz CT molecular complexity index is 612. The normalized spacial score (nSPS) is 10.5. The molecule has 0 aliphatic rings. The molecule has 2 aromatic rings. The number of hydrogen-bond acceptors (Lipinski definition) is 5. The van der Waals surface area contributed by atoms with Crippen LogP contribution in [0.2, 0.25) is 0 Å². The van der Waals surface area contributed by atoms with Gasteiger partial charge in [0.1, 0.15) is 17.4 Å². The van der Waals surface area contributed by atoms with Gasteiger partial charge in [-0.15, -0.1) is 0 Å². The summed E-state index contributed by atoms with van der Waals surface area (Å²) < 4.78 is 10.8. The molecule has 1 aromatic heterocycles. The zero-order valence-electron chi connectivity index (χ0n) is 13.6. The van der Waals surface area contributed by atoms with E-state index < -0.39 is 0 Å². The summed E-state index contributed by atoms with van der Waals surface area (Å²) in [5.74, 6) is 2.53. The first kappa shape index (κ1) is 16.2. The minimum Gasteiger partial charge on any atom is -0.497 e. The number of benzene rings is 1. The van der Waals surface area contributed by atoms with Crippen molar-refractivity contribution in [3.05, 3.63) is 46.9 Å². The molecule has 0 unspecified atom stereocenters. The maximum absolute atomic E-state index is 5.67. The van der Waals surface area contributed by atoms with Crippen molar-refractivity contribution in [2.24, 2.45) is 0 Å². The Morgan fingerprint density at radius 2 is 1.77 bits per heavy atom. The van der Waals surface area contributed by atoms with Crippen LogP contribution in [0, 0.1) is 20.8 Å². The smallest absolute Gasteiger partial charge is 0.132 e. The second-order valence-corrected chi connectivity index (χ2v) is 5.16. The molecule has 1 aromatic carbocycles. The molecule has 5 heteroatoms. The lowest BCUT2D eigenvalue weighted by molar-refractivity contribution is 0.130. The molecule has 0 radical (unpaired) electrons. The molecule has 22 heavy (non-hydrogen) atoms. The number of hydrogen-bond donors (Lipinski definition) is 1. The molecule has 2 rings (SSSR count). The second kappa shape index (κ2) is 7.75. The average Bonchev–Trinajstić information content (AvgIpc) is 2.52. The van der Waals surface area contributed by atoms with E-state index in [9.17, 15) is 0 Å². The molecule has 0 saturated heterocycles. The zero-order valence-corrected chi connectivity index (χ0v) is 13.6. The van der Waals surface area contributed by atoms with Gasteiger partial charge < -0.3 is 14.8 Å². The predicted octanol–water partition coefficient (Wildman–Crippen LogP) is 3.04. The molecular formula is C17H23N3O2. The van der Waals surface area contributed by atoms with Gasteiger partial charge in [-0.25, -0.2) is 9.97 Å². The van der Waals surface area contributed by atoms with E-state index in [1.54, 1.807) is 7.11 Å². The number of rotatable bonds is 7. The van der Waals surface area contributed by atoms with Gasteiger partial charge in [0.2, 0.25) is 0 Å². The number of ether oxygens (including phenoxy) is 2. The van der Waals surface area contributed by atoms with Crippen molar-refractivity contribution in [2.45, 2.75) is 27.4 Å². The van der Waals surface area contributed by atoms with Crippen LogP contribution in [0.25, 0.3) is 0 Å². The topological polar surface area (TPSA) is 56.3 Å². The number of nitrogens with one attached hydrogen (secondary N) is 1. The third-order valence-electron chi connectivity index (χ3n) is 3.47. The Morgan fingerprint density at radius 1 is 1.05 bits per heavy atom. The summed E-state index contributed by atoms with van der Waals surface area (Å²) in [4.78, 5) is 8.76. The second-order valence-electron chi connectivity index (χ2n) is 5.16. The largest absolute Gasteiger partial charge is 0.497 e. The predicted molar refractivity (Wildman–Crippen MR) is 87.4 cm³/mol. The van der Waals surface area contributed by atoms with Crippen molar-refractivity contribution in [1.82, 2.24) is 9.97 Å². The van der Waals surface area contributed by atoms with Crippen molar-refractivity contribution < 1.29 is 9.47 Å². The van der Waals surface area contributed by atoms with Crippen molar-refractivity contribution in [1.29, 1.82) is 0 Å². The van der Waals surface area contributed by atoms with Crippen LogP contribution in [0.5, 0.6) is 5.75 Å². The standard InChI is InChI=1S/C17H23N3O2/c1-12-13(2)19-14(3)20-17(12)18-9-10-22-11-15-5-7-16(21-4)8-6-15/h5-8H,9-11H2,1-4H3,(H,18,19,20). The highest BCUT2D eigenvalue weighted by atomic mass is 16.5. The Kier molecular flexibility index (Phi) is 5.72. The highest BCUT2D eigenvalue weighted by Gasteiger charge is 2.05. The SMILES string of the molecule is COc1ccc(COCCNc2nc(C)nc(C)c2C)cc1. The highest BCUT2D eigenvalue weighted by Crippen LogP contribution is 2.14. The van der Waals surface area contributed by atoms with Gasteiger partial charge in [-0.1, -0.05) is 12.1 Å². The van der Waals surface area contributed by atoms with Crippen molar-refractivity contribution in [3.63, 3.8) is 0 Å². The third-order valence-corrected chi connectivity index (χ3v) is 3.47. The molecule has 0 saturated carbocycles. The summed E-state index contributed by atoms with van der Waals surface area (Å²) in [6.45, 7) is 7.84. The number of aromatic nitrogens is 2. The number of nitrogens with zero attached hydrogens (tertiary/aromatic N) is 2. The maximum Gasteiger partial charge on any atom is 0.132 e. The van der Waals surface area contributed by atoms with Gasteiger partial charge in [0.15, 0.2) is 0 Å². The lowest BCUT2D eigenvalue weighted by atomic mass is 10.2. The van der Waals surface area contributed by atoms with Crippen LogP contribution in [0.4, 0.5) is 5.82 Å². The monoisotopic (exact) mass is 301 g/mol. The van der Waals surface area contributed by atoms with Gasteiger partial charge in [0.25, 0.3) is 0 Å². The first-order chi connectivity index (χ1) is 10.6. The first-order valence-corrected chi connectivity index (χ1v) is 7.36. The van der Waals surface area contributed by atoms with E-state index in [4.69, 9.17) is 9.47 Å². The van der Waals surface area contributed by atoms with Gasteiger partial charge in [0, 0.05) is 17.8 Å². The van der Waals surface area contributed by atoms with Crippen molar-refractivity contribution in [2.75, 3.05) is 25.6 Å². The van der Waals surface area contributed by atoms with E-state index in [1.807, 2.05) is 45.0 Å². The van der Waals surface area contributed by atoms with Gasteiger partial charge >= 0.3 is 0 Å². The van der Waals surface area contributed by atoms with Crippen molar-refractivity contribution >= 4 is 5.82 Å². The van der Waals surface area contributed by atoms with Gasteiger partial charge in [-0.05, 0) is 38.5 Å². The quantitative estimate of drug-likeness (QED) is 0.797. The molecule has 0 spiro atoms. The molecule has 0 atom stereocenters. The lowest BCUT2D eigenvalue weighted by Gasteiger charge is -2.11. The molecule has 1 heterocycles. The fourth-order valence-electron chi connectivity index (χ4n) is 2.09. The fraction of sp³-hybridized carbons (Fsp3) is 0.412. The molecule has 0 aliphatic heterocycles. The van der Waals surface area contributed by atoms with E-state index in [0.717, 1.165) is 34.2 Å². The van der Waals surface area contributed by atoms with Crippen LogP contribution in [-0.4, -0.2) is 30.2 Å². The lowest BCUT2D eigenvalue weighted by Crippen LogP contribution is -2.13. The molecule has 5 nitrogen and oxygen atoms in total. The molecular weight excluding hydrogens is 278 g/mol. The Labute approximate surface area is 131 Å². The Hall–Kier alpha value is -2.14.